The van der Waals surface area contributed by atoms with Gasteiger partial charge in [0.05, 0.1) is 6.42 Å². The van der Waals surface area contributed by atoms with Crippen molar-refractivity contribution >= 4 is 11.9 Å². The number of aliphatic hydroxyl groups is 1. The summed E-state index contributed by atoms with van der Waals surface area (Å²) in [5.41, 5.74) is 3.15. The van der Waals surface area contributed by atoms with Gasteiger partial charge in [-0.25, -0.2) is 0 Å². The van der Waals surface area contributed by atoms with E-state index in [0.29, 0.717) is 0 Å². The first kappa shape index (κ1) is 10.9. The van der Waals surface area contributed by atoms with Crippen molar-refractivity contribution in [3.63, 3.8) is 0 Å². The van der Waals surface area contributed by atoms with Crippen LogP contribution in [0.4, 0.5) is 0 Å². The molecule has 0 bridgehead atoms. The van der Waals surface area contributed by atoms with Crippen LogP contribution in [-0.4, -0.2) is 33.0 Å². The van der Waals surface area contributed by atoms with Crippen molar-refractivity contribution in [2.24, 2.45) is 5.73 Å². The minimum atomic E-state index is -1.93. The Hall–Kier alpha value is -1.14. The monoisotopic (exact) mass is 177 g/mol. The summed E-state index contributed by atoms with van der Waals surface area (Å²) in [7, 11) is 0. The highest BCUT2D eigenvalue weighted by Crippen LogP contribution is 2.10. The fraction of sp³-hybridized carbons (Fsp3) is 0.667. The summed E-state index contributed by atoms with van der Waals surface area (Å²) in [5.74, 6) is -2.38. The van der Waals surface area contributed by atoms with Gasteiger partial charge in [-0.15, -0.1) is 0 Å². The molecule has 0 rings (SSSR count). The molecule has 0 fully saturated rings. The first-order chi connectivity index (χ1) is 5.33. The zero-order chi connectivity index (χ0) is 9.78. The highest BCUT2D eigenvalue weighted by Gasteiger charge is 2.25. The highest BCUT2D eigenvalue weighted by molar-refractivity contribution is 5.69. The molecular weight excluding hydrogens is 166 g/mol. The van der Waals surface area contributed by atoms with Crippen molar-refractivity contribution in [3.8, 4) is 0 Å². The number of aliphatic carboxylic acids is 2. The summed E-state index contributed by atoms with van der Waals surface area (Å²) < 4.78 is 0. The Labute approximate surface area is 68.6 Å². The largest absolute Gasteiger partial charge is 0.481 e. The minimum absolute atomic E-state index is 0.269. The van der Waals surface area contributed by atoms with Gasteiger partial charge in [0.25, 0.3) is 0 Å². The molecule has 0 saturated heterocycles. The maximum absolute atomic E-state index is 10.1. The van der Waals surface area contributed by atoms with Crippen molar-refractivity contribution in [2.75, 3.05) is 0 Å². The number of carbonyl (C=O) groups is 2. The number of carboxylic acid groups (broad SMARTS) is 2. The van der Waals surface area contributed by atoms with Gasteiger partial charge >= 0.3 is 11.9 Å². The lowest BCUT2D eigenvalue weighted by molar-refractivity contribution is -0.145. The molecular formula is C6H11NO5. The van der Waals surface area contributed by atoms with Crippen LogP contribution in [0.25, 0.3) is 0 Å². The van der Waals surface area contributed by atoms with Crippen LogP contribution in [0.3, 0.4) is 0 Å². The lowest BCUT2D eigenvalue weighted by Gasteiger charge is -2.19. The molecule has 0 aliphatic carbocycles. The van der Waals surface area contributed by atoms with E-state index < -0.39 is 24.1 Å². The Balaban J connectivity index is 3.86. The Bertz CT molecular complexity index is 188. The lowest BCUT2D eigenvalue weighted by atomic mass is 10.1. The number of hydrogen-bond acceptors (Lipinski definition) is 4. The zero-order valence-corrected chi connectivity index (χ0v) is 6.36. The van der Waals surface area contributed by atoms with Crippen LogP contribution in [0.15, 0.2) is 0 Å². The maximum atomic E-state index is 10.1. The average Bonchev–Trinajstić information content (AvgIpc) is 1.81. The first-order valence-electron chi connectivity index (χ1n) is 3.28. The molecule has 0 aliphatic rings. The predicted molar refractivity (Wildman–Crippen MR) is 38.3 cm³/mol. The van der Waals surface area contributed by atoms with E-state index >= 15 is 0 Å². The second-order valence-electron chi connectivity index (χ2n) is 2.57. The Morgan fingerprint density at radius 1 is 1.25 bits per heavy atom. The Morgan fingerprint density at radius 3 is 2.08 bits per heavy atom. The van der Waals surface area contributed by atoms with Gasteiger partial charge < -0.3 is 21.1 Å². The molecule has 6 nitrogen and oxygen atoms in total. The Morgan fingerprint density at radius 2 is 1.75 bits per heavy atom. The molecule has 0 aliphatic heterocycles. The molecule has 1 unspecified atom stereocenters. The topological polar surface area (TPSA) is 121 Å². The van der Waals surface area contributed by atoms with Crippen molar-refractivity contribution in [3.05, 3.63) is 0 Å². The molecule has 0 aromatic carbocycles. The third-order valence-electron chi connectivity index (χ3n) is 1.23. The number of carboxylic acids is 2. The van der Waals surface area contributed by atoms with E-state index in [-0.39, 0.29) is 12.8 Å². The van der Waals surface area contributed by atoms with E-state index in [2.05, 4.69) is 0 Å². The van der Waals surface area contributed by atoms with Gasteiger partial charge in [0.2, 0.25) is 0 Å². The molecule has 0 amide bonds. The average molecular weight is 177 g/mol. The summed E-state index contributed by atoms with van der Waals surface area (Å²) in [6.45, 7) is 0. The second kappa shape index (κ2) is 4.03. The van der Waals surface area contributed by atoms with Crippen LogP contribution >= 0.6 is 0 Å². The van der Waals surface area contributed by atoms with Crippen molar-refractivity contribution in [1.29, 1.82) is 0 Å². The molecule has 12 heavy (non-hydrogen) atoms. The quantitative estimate of drug-likeness (QED) is 0.398. The summed E-state index contributed by atoms with van der Waals surface area (Å²) in [6, 6.07) is 0. The predicted octanol–water partition coefficient (Wildman–Crippen LogP) is -1.03. The van der Waals surface area contributed by atoms with E-state index in [4.69, 9.17) is 21.1 Å². The summed E-state index contributed by atoms with van der Waals surface area (Å²) >= 11 is 0. The SMILES string of the molecule is NC(O)(CCC(=O)O)CC(=O)O. The molecule has 0 aromatic heterocycles. The standard InChI is InChI=1S/C6H11NO5/c7-6(12,3-5(10)11)2-1-4(8)9/h12H,1-3,7H2,(H,8,9)(H,10,11). The van der Waals surface area contributed by atoms with E-state index in [1.54, 1.807) is 0 Å². The van der Waals surface area contributed by atoms with E-state index in [9.17, 15) is 9.59 Å². The fourth-order valence-electron chi connectivity index (χ4n) is 0.674. The lowest BCUT2D eigenvalue weighted by Crippen LogP contribution is -2.42. The van der Waals surface area contributed by atoms with Crippen molar-refractivity contribution < 1.29 is 24.9 Å². The van der Waals surface area contributed by atoms with Gasteiger partial charge in [-0.1, -0.05) is 0 Å². The molecule has 0 heterocycles. The van der Waals surface area contributed by atoms with Crippen LogP contribution < -0.4 is 5.73 Å². The molecule has 5 N–H and O–H groups in total. The summed E-state index contributed by atoms with van der Waals surface area (Å²) in [6.07, 6.45) is -1.27. The summed E-state index contributed by atoms with van der Waals surface area (Å²) in [5, 5.41) is 25.5. The van der Waals surface area contributed by atoms with Gasteiger partial charge in [-0.05, 0) is 0 Å². The van der Waals surface area contributed by atoms with Crippen LogP contribution in [0.5, 0.6) is 0 Å². The third kappa shape index (κ3) is 5.63. The highest BCUT2D eigenvalue weighted by atomic mass is 16.4. The van der Waals surface area contributed by atoms with Crippen LogP contribution in [0, 0.1) is 0 Å². The van der Waals surface area contributed by atoms with Crippen molar-refractivity contribution in [2.45, 2.75) is 25.0 Å². The molecule has 0 saturated carbocycles. The van der Waals surface area contributed by atoms with E-state index in [0.717, 1.165) is 0 Å². The zero-order valence-electron chi connectivity index (χ0n) is 6.36. The van der Waals surface area contributed by atoms with Crippen LogP contribution in [0.1, 0.15) is 19.3 Å². The molecule has 6 heteroatoms. The van der Waals surface area contributed by atoms with Gasteiger partial charge in [-0.3, -0.25) is 9.59 Å². The van der Waals surface area contributed by atoms with E-state index in [1.165, 1.54) is 0 Å². The van der Waals surface area contributed by atoms with Gasteiger partial charge in [-0.2, -0.15) is 0 Å². The first-order valence-corrected chi connectivity index (χ1v) is 3.28. The minimum Gasteiger partial charge on any atom is -0.481 e. The maximum Gasteiger partial charge on any atom is 0.307 e. The second-order valence-corrected chi connectivity index (χ2v) is 2.57. The number of rotatable bonds is 5. The van der Waals surface area contributed by atoms with Crippen LogP contribution in [-0.2, 0) is 9.59 Å². The molecule has 70 valence electrons. The third-order valence-corrected chi connectivity index (χ3v) is 1.23. The number of hydrogen-bond donors (Lipinski definition) is 4. The molecule has 0 spiro atoms. The fourth-order valence-corrected chi connectivity index (χ4v) is 0.674. The normalized spacial score (nSPS) is 15.2. The van der Waals surface area contributed by atoms with Gasteiger partial charge in [0.1, 0.15) is 5.72 Å². The smallest absolute Gasteiger partial charge is 0.307 e. The summed E-state index contributed by atoms with van der Waals surface area (Å²) in [4.78, 5) is 20.1. The van der Waals surface area contributed by atoms with Crippen molar-refractivity contribution in [1.82, 2.24) is 0 Å². The van der Waals surface area contributed by atoms with Crippen LogP contribution in [0.2, 0.25) is 0 Å². The Kier molecular flexibility index (Phi) is 3.65. The van der Waals surface area contributed by atoms with E-state index in [1.807, 2.05) is 0 Å². The molecule has 0 radical (unpaired) electrons. The molecule has 0 aromatic rings. The molecule has 1 atom stereocenters. The van der Waals surface area contributed by atoms with Gasteiger partial charge in [0.15, 0.2) is 0 Å². The van der Waals surface area contributed by atoms with Gasteiger partial charge in [0, 0.05) is 12.8 Å². The number of nitrogens with two attached hydrogens (primary N) is 1.